The molecule has 90 valence electrons. The highest BCUT2D eigenvalue weighted by molar-refractivity contribution is 9.10. The molecule has 17 heavy (non-hydrogen) atoms. The molecule has 0 saturated carbocycles. The summed E-state index contributed by atoms with van der Waals surface area (Å²) in [5.41, 5.74) is 0.557. The summed E-state index contributed by atoms with van der Waals surface area (Å²) in [7, 11) is 0. The number of rotatable bonds is 4. The van der Waals surface area contributed by atoms with Gasteiger partial charge in [-0.05, 0) is 44.2 Å². The second kappa shape index (κ2) is 6.35. The number of carbonyl (C=O) groups is 2. The molecular weight excluding hydrogens is 282 g/mol. The average Bonchev–Trinajstić information content (AvgIpc) is 2.26. The quantitative estimate of drug-likeness (QED) is 0.686. The molecule has 0 atom stereocenters. The van der Waals surface area contributed by atoms with E-state index < -0.39 is 0 Å². The van der Waals surface area contributed by atoms with E-state index in [1.807, 2.05) is 13.8 Å². The molecule has 0 fully saturated rings. The Morgan fingerprint density at radius 2 is 1.76 bits per heavy atom. The Kier molecular flexibility index (Phi) is 5.10. The van der Waals surface area contributed by atoms with E-state index in [1.54, 1.807) is 24.3 Å². The second-order valence-corrected chi connectivity index (χ2v) is 4.78. The van der Waals surface area contributed by atoms with Gasteiger partial charge in [0.2, 0.25) is 5.91 Å². The van der Waals surface area contributed by atoms with E-state index in [-0.39, 0.29) is 17.7 Å². The number of allylic oxidation sites excluding steroid dienone is 1. The maximum Gasteiger partial charge on any atom is 0.244 e. The Bertz CT molecular complexity index is 435. The van der Waals surface area contributed by atoms with Crippen molar-refractivity contribution in [2.24, 2.45) is 0 Å². The summed E-state index contributed by atoms with van der Waals surface area (Å²) in [6.07, 6.45) is 2.53. The summed E-state index contributed by atoms with van der Waals surface area (Å²) in [4.78, 5) is 22.9. The predicted octanol–water partition coefficient (Wildman–Crippen LogP) is 2.71. The van der Waals surface area contributed by atoms with Crippen molar-refractivity contribution in [2.45, 2.75) is 19.9 Å². The van der Waals surface area contributed by atoms with E-state index >= 15 is 0 Å². The Morgan fingerprint density at radius 3 is 2.29 bits per heavy atom. The number of nitrogens with one attached hydrogen (secondary N) is 1. The van der Waals surface area contributed by atoms with E-state index in [0.29, 0.717) is 5.56 Å². The van der Waals surface area contributed by atoms with E-state index in [0.717, 1.165) is 4.47 Å². The molecule has 1 N–H and O–H groups in total. The normalized spacial score (nSPS) is 10.8. The fraction of sp³-hybridized carbons (Fsp3) is 0.231. The molecule has 0 heterocycles. The first-order chi connectivity index (χ1) is 7.99. The Labute approximate surface area is 109 Å². The molecule has 1 rings (SSSR count). The van der Waals surface area contributed by atoms with Crippen LogP contribution < -0.4 is 5.32 Å². The number of hydrogen-bond acceptors (Lipinski definition) is 2. The number of ketones is 1. The van der Waals surface area contributed by atoms with E-state index in [4.69, 9.17) is 0 Å². The van der Waals surface area contributed by atoms with Crippen molar-refractivity contribution >= 4 is 27.6 Å². The van der Waals surface area contributed by atoms with Crippen molar-refractivity contribution in [1.29, 1.82) is 0 Å². The molecule has 0 aliphatic carbocycles. The van der Waals surface area contributed by atoms with Crippen LogP contribution in [0.1, 0.15) is 24.2 Å². The zero-order chi connectivity index (χ0) is 12.8. The van der Waals surface area contributed by atoms with Gasteiger partial charge in [0.25, 0.3) is 0 Å². The topological polar surface area (TPSA) is 46.2 Å². The van der Waals surface area contributed by atoms with Crippen LogP contribution >= 0.6 is 15.9 Å². The molecule has 0 radical (unpaired) electrons. The molecule has 1 amide bonds. The molecule has 3 nitrogen and oxygen atoms in total. The maximum absolute atomic E-state index is 11.7. The van der Waals surface area contributed by atoms with Gasteiger partial charge in [-0.15, -0.1) is 0 Å². The third kappa shape index (κ3) is 4.95. The summed E-state index contributed by atoms with van der Waals surface area (Å²) in [6, 6.07) is 7.05. The van der Waals surface area contributed by atoms with Gasteiger partial charge >= 0.3 is 0 Å². The number of carbonyl (C=O) groups excluding carboxylic acids is 2. The van der Waals surface area contributed by atoms with Crippen LogP contribution in [0.4, 0.5) is 0 Å². The highest BCUT2D eigenvalue weighted by Crippen LogP contribution is 2.11. The van der Waals surface area contributed by atoms with Gasteiger partial charge in [0.1, 0.15) is 0 Å². The van der Waals surface area contributed by atoms with Gasteiger partial charge in [-0.1, -0.05) is 15.9 Å². The van der Waals surface area contributed by atoms with E-state index in [2.05, 4.69) is 21.2 Å². The first kappa shape index (κ1) is 13.6. The first-order valence-corrected chi connectivity index (χ1v) is 6.07. The van der Waals surface area contributed by atoms with Crippen LogP contribution in [0, 0.1) is 0 Å². The van der Waals surface area contributed by atoms with Crippen LogP contribution in [0.2, 0.25) is 0 Å². The average molecular weight is 296 g/mol. The molecule has 0 aromatic heterocycles. The smallest absolute Gasteiger partial charge is 0.244 e. The lowest BCUT2D eigenvalue weighted by atomic mass is 10.1. The van der Waals surface area contributed by atoms with Gasteiger partial charge in [0.15, 0.2) is 5.78 Å². The van der Waals surface area contributed by atoms with Gasteiger partial charge < -0.3 is 5.32 Å². The molecule has 0 aliphatic heterocycles. The first-order valence-electron chi connectivity index (χ1n) is 5.27. The minimum absolute atomic E-state index is 0.0648. The largest absolute Gasteiger partial charge is 0.350 e. The van der Waals surface area contributed by atoms with Gasteiger partial charge in [0.05, 0.1) is 0 Å². The summed E-state index contributed by atoms with van der Waals surface area (Å²) in [5.74, 6) is -0.443. The van der Waals surface area contributed by atoms with Crippen molar-refractivity contribution in [1.82, 2.24) is 5.32 Å². The number of halogens is 1. The molecule has 1 aromatic rings. The van der Waals surface area contributed by atoms with Gasteiger partial charge in [-0.25, -0.2) is 0 Å². The van der Waals surface area contributed by atoms with Gasteiger partial charge in [-0.3, -0.25) is 9.59 Å². The van der Waals surface area contributed by atoms with Crippen LogP contribution in [0.15, 0.2) is 40.9 Å². The molecule has 0 aliphatic rings. The molecule has 4 heteroatoms. The summed E-state index contributed by atoms with van der Waals surface area (Å²) < 4.78 is 0.913. The van der Waals surface area contributed by atoms with Crippen molar-refractivity contribution < 1.29 is 9.59 Å². The third-order valence-corrected chi connectivity index (χ3v) is 2.47. The Hall–Kier alpha value is -1.42. The maximum atomic E-state index is 11.7. The van der Waals surface area contributed by atoms with Gasteiger partial charge in [-0.2, -0.15) is 0 Å². The van der Waals surface area contributed by atoms with Crippen LogP contribution in [0.3, 0.4) is 0 Å². The van der Waals surface area contributed by atoms with Crippen LogP contribution in [-0.4, -0.2) is 17.7 Å². The number of benzene rings is 1. The van der Waals surface area contributed by atoms with Crippen molar-refractivity contribution in [3.05, 3.63) is 46.5 Å². The third-order valence-electron chi connectivity index (χ3n) is 1.95. The van der Waals surface area contributed by atoms with E-state index in [9.17, 15) is 9.59 Å². The van der Waals surface area contributed by atoms with E-state index in [1.165, 1.54) is 12.2 Å². The minimum Gasteiger partial charge on any atom is -0.350 e. The lowest BCUT2D eigenvalue weighted by molar-refractivity contribution is -0.116. The summed E-state index contributed by atoms with van der Waals surface area (Å²) >= 11 is 3.29. The minimum atomic E-state index is -0.259. The zero-order valence-electron chi connectivity index (χ0n) is 9.74. The fourth-order valence-electron chi connectivity index (χ4n) is 1.19. The molecule has 1 aromatic carbocycles. The van der Waals surface area contributed by atoms with Crippen molar-refractivity contribution in [3.8, 4) is 0 Å². The molecule has 0 spiro atoms. The standard InChI is InChI=1S/C13H14BrNO2/c1-9(2)15-13(17)8-7-12(16)10-3-5-11(14)6-4-10/h3-9H,1-2H3,(H,15,17)/b8-7+. The lowest BCUT2D eigenvalue weighted by Crippen LogP contribution is -2.28. The summed E-state index contributed by atoms with van der Waals surface area (Å²) in [6.45, 7) is 3.73. The van der Waals surface area contributed by atoms with Crippen LogP contribution in [0.25, 0.3) is 0 Å². The Morgan fingerprint density at radius 1 is 1.18 bits per heavy atom. The van der Waals surface area contributed by atoms with Crippen molar-refractivity contribution in [3.63, 3.8) is 0 Å². The molecular formula is C13H14BrNO2. The number of hydrogen-bond donors (Lipinski definition) is 1. The van der Waals surface area contributed by atoms with Crippen molar-refractivity contribution in [2.75, 3.05) is 0 Å². The van der Waals surface area contributed by atoms with Crippen LogP contribution in [-0.2, 0) is 4.79 Å². The fourth-order valence-corrected chi connectivity index (χ4v) is 1.46. The highest BCUT2D eigenvalue weighted by atomic mass is 79.9. The Balaban J connectivity index is 2.63. The highest BCUT2D eigenvalue weighted by Gasteiger charge is 2.03. The predicted molar refractivity (Wildman–Crippen MR) is 70.9 cm³/mol. The lowest BCUT2D eigenvalue weighted by Gasteiger charge is -2.03. The monoisotopic (exact) mass is 295 g/mol. The second-order valence-electron chi connectivity index (χ2n) is 3.87. The number of amides is 1. The molecule has 0 unspecified atom stereocenters. The van der Waals surface area contributed by atoms with Crippen LogP contribution in [0.5, 0.6) is 0 Å². The summed E-state index contributed by atoms with van der Waals surface area (Å²) in [5, 5.41) is 2.67. The van der Waals surface area contributed by atoms with Gasteiger partial charge in [0, 0.05) is 22.2 Å². The SMILES string of the molecule is CC(C)NC(=O)/C=C/C(=O)c1ccc(Br)cc1. The zero-order valence-corrected chi connectivity index (χ0v) is 11.3. The molecule has 0 bridgehead atoms. The molecule has 0 saturated heterocycles.